The zero-order chi connectivity index (χ0) is 25.4. The average molecular weight is 524 g/mol. The van der Waals surface area contributed by atoms with E-state index in [-0.39, 0.29) is 4.90 Å². The van der Waals surface area contributed by atoms with Crippen molar-refractivity contribution in [3.05, 3.63) is 76.0 Å². The number of aromatic nitrogens is 1. The minimum atomic E-state index is -3.62. The number of hydrogen-bond acceptors (Lipinski definition) is 7. The van der Waals surface area contributed by atoms with E-state index in [9.17, 15) is 18.0 Å². The van der Waals surface area contributed by atoms with Crippen LogP contribution in [0.15, 0.2) is 74.1 Å². The molecule has 4 aromatic rings. The van der Waals surface area contributed by atoms with Crippen LogP contribution in [0.1, 0.15) is 30.6 Å². The van der Waals surface area contributed by atoms with E-state index in [4.69, 9.17) is 4.42 Å². The molecule has 8 nitrogen and oxygen atoms in total. The third-order valence-corrected chi connectivity index (χ3v) is 8.84. The molecule has 2 aromatic carbocycles. The predicted molar refractivity (Wildman–Crippen MR) is 140 cm³/mol. The second kappa shape index (κ2) is 9.61. The Kier molecular flexibility index (Phi) is 6.50. The number of nitrogens with zero attached hydrogens (tertiary/aromatic N) is 2. The van der Waals surface area contributed by atoms with Crippen molar-refractivity contribution < 1.29 is 17.6 Å². The summed E-state index contributed by atoms with van der Waals surface area (Å²) in [6, 6.07) is 14.8. The number of rotatable bonds is 5. The van der Waals surface area contributed by atoms with Crippen LogP contribution in [0.2, 0.25) is 0 Å². The van der Waals surface area contributed by atoms with Crippen molar-refractivity contribution in [3.63, 3.8) is 0 Å². The number of carbonyl (C=O) groups is 1. The fraction of sp³-hybridized carbons (Fsp3) is 0.269. The lowest BCUT2D eigenvalue weighted by Crippen LogP contribution is -2.42. The molecule has 3 heterocycles. The van der Waals surface area contributed by atoms with Crippen molar-refractivity contribution in [2.75, 3.05) is 18.4 Å². The molecule has 1 aliphatic rings. The topological polar surface area (TPSA) is 110 Å². The Morgan fingerprint density at radius 3 is 2.50 bits per heavy atom. The van der Waals surface area contributed by atoms with Crippen molar-refractivity contribution >= 4 is 43.4 Å². The second-order valence-electron chi connectivity index (χ2n) is 9.27. The molecule has 0 bridgehead atoms. The van der Waals surface area contributed by atoms with E-state index < -0.39 is 21.6 Å². The summed E-state index contributed by atoms with van der Waals surface area (Å²) >= 11 is 1.18. The van der Waals surface area contributed by atoms with Crippen LogP contribution in [0, 0.1) is 11.8 Å². The van der Waals surface area contributed by atoms with Gasteiger partial charge in [0.1, 0.15) is 5.58 Å². The summed E-state index contributed by atoms with van der Waals surface area (Å²) in [7, 11) is -3.62. The number of hydrogen-bond donors (Lipinski definition) is 1. The Bertz CT molecular complexity index is 1580. The molecule has 0 aliphatic carbocycles. The summed E-state index contributed by atoms with van der Waals surface area (Å²) in [5.74, 6) is 0.182. The molecule has 0 spiro atoms. The van der Waals surface area contributed by atoms with Crippen LogP contribution in [0.4, 0.5) is 5.13 Å². The van der Waals surface area contributed by atoms with Gasteiger partial charge in [0, 0.05) is 29.4 Å². The molecule has 1 fully saturated rings. The fourth-order valence-electron chi connectivity index (χ4n) is 4.59. The zero-order valence-electron chi connectivity index (χ0n) is 19.8. The Morgan fingerprint density at radius 2 is 1.78 bits per heavy atom. The predicted octanol–water partition coefficient (Wildman–Crippen LogP) is 4.84. The summed E-state index contributed by atoms with van der Waals surface area (Å²) in [5.41, 5.74) is 0.995. The molecule has 5 rings (SSSR count). The number of para-hydroxylation sites is 1. The molecule has 0 radical (unpaired) electrons. The summed E-state index contributed by atoms with van der Waals surface area (Å²) in [5, 5.41) is 5.48. The van der Waals surface area contributed by atoms with Gasteiger partial charge in [0.15, 0.2) is 5.13 Å². The number of benzene rings is 2. The lowest BCUT2D eigenvalue weighted by atomic mass is 9.94. The van der Waals surface area contributed by atoms with Gasteiger partial charge >= 0.3 is 5.63 Å². The van der Waals surface area contributed by atoms with Gasteiger partial charge in [0.05, 0.1) is 16.2 Å². The summed E-state index contributed by atoms with van der Waals surface area (Å²) in [4.78, 5) is 29.7. The number of piperidine rings is 1. The smallest absolute Gasteiger partial charge is 0.345 e. The Labute approximate surface area is 212 Å². The normalized spacial score (nSPS) is 18.8. The standard InChI is InChI=1S/C26H25N3O5S2/c1-16-11-17(2)14-29(13-16)36(32,33)20-9-7-18(8-10-20)24(30)28-26-27-22(15-35-26)21-12-19-5-3-4-6-23(19)34-25(21)31/h3-10,12,15-17H,11,13-14H2,1-2H3,(H,27,28,30). The number of fused-ring (bicyclic) bond motifs is 1. The van der Waals surface area contributed by atoms with Crippen LogP contribution in [-0.2, 0) is 10.0 Å². The highest BCUT2D eigenvalue weighted by atomic mass is 32.2. The number of nitrogens with one attached hydrogen (secondary N) is 1. The van der Waals surface area contributed by atoms with Crippen LogP contribution in [0.3, 0.4) is 0 Å². The van der Waals surface area contributed by atoms with Crippen molar-refractivity contribution in [2.24, 2.45) is 11.8 Å². The van der Waals surface area contributed by atoms with Gasteiger partial charge in [-0.25, -0.2) is 18.2 Å². The van der Waals surface area contributed by atoms with E-state index >= 15 is 0 Å². The van der Waals surface area contributed by atoms with E-state index in [2.05, 4.69) is 24.1 Å². The number of thiazole rings is 1. The molecule has 10 heteroatoms. The maximum atomic E-state index is 13.1. The number of anilines is 1. The largest absolute Gasteiger partial charge is 0.422 e. The number of sulfonamides is 1. The van der Waals surface area contributed by atoms with Gasteiger partial charge in [-0.05, 0) is 54.7 Å². The van der Waals surface area contributed by atoms with Crippen LogP contribution in [0.25, 0.3) is 22.2 Å². The molecule has 1 aliphatic heterocycles. The molecule has 1 N–H and O–H groups in total. The van der Waals surface area contributed by atoms with Crippen LogP contribution in [0.5, 0.6) is 0 Å². The van der Waals surface area contributed by atoms with E-state index in [1.807, 2.05) is 12.1 Å². The van der Waals surface area contributed by atoms with E-state index in [0.717, 1.165) is 11.8 Å². The van der Waals surface area contributed by atoms with E-state index in [1.54, 1.807) is 23.6 Å². The molecule has 2 aromatic heterocycles. The molecule has 2 unspecified atom stereocenters. The van der Waals surface area contributed by atoms with Crippen LogP contribution in [-0.4, -0.2) is 36.7 Å². The van der Waals surface area contributed by atoms with Gasteiger partial charge in [0.25, 0.3) is 5.91 Å². The van der Waals surface area contributed by atoms with Gasteiger partial charge in [0.2, 0.25) is 10.0 Å². The monoisotopic (exact) mass is 523 g/mol. The van der Waals surface area contributed by atoms with Gasteiger partial charge in [-0.2, -0.15) is 4.31 Å². The highest BCUT2D eigenvalue weighted by Gasteiger charge is 2.31. The molecule has 2 atom stereocenters. The van der Waals surface area contributed by atoms with Crippen LogP contribution < -0.4 is 10.9 Å². The Hall–Kier alpha value is -3.34. The summed E-state index contributed by atoms with van der Waals surface area (Å²) in [6.45, 7) is 5.11. The van der Waals surface area contributed by atoms with Crippen LogP contribution >= 0.6 is 11.3 Å². The molecule has 0 saturated carbocycles. The number of carbonyl (C=O) groups excluding carboxylic acids is 1. The fourth-order valence-corrected chi connectivity index (χ4v) is 6.98. The van der Waals surface area contributed by atoms with E-state index in [1.165, 1.54) is 39.9 Å². The zero-order valence-corrected chi connectivity index (χ0v) is 21.4. The number of amides is 1. The van der Waals surface area contributed by atoms with Crippen molar-refractivity contribution in [3.8, 4) is 11.3 Å². The lowest BCUT2D eigenvalue weighted by molar-refractivity contribution is 0.102. The Morgan fingerprint density at radius 1 is 1.08 bits per heavy atom. The summed E-state index contributed by atoms with van der Waals surface area (Å²) < 4.78 is 33.1. The highest BCUT2D eigenvalue weighted by Crippen LogP contribution is 2.28. The van der Waals surface area contributed by atoms with Gasteiger partial charge in [-0.15, -0.1) is 11.3 Å². The van der Waals surface area contributed by atoms with Gasteiger partial charge < -0.3 is 4.42 Å². The minimum Gasteiger partial charge on any atom is -0.422 e. The SMILES string of the molecule is CC1CC(C)CN(S(=O)(=O)c2ccc(C(=O)Nc3nc(-c4cc5ccccc5oc4=O)cs3)cc2)C1. The average Bonchev–Trinajstić information content (AvgIpc) is 3.31. The first-order valence-corrected chi connectivity index (χ1v) is 13.9. The third-order valence-electron chi connectivity index (χ3n) is 6.23. The summed E-state index contributed by atoms with van der Waals surface area (Å²) in [6.07, 6.45) is 1.01. The first-order chi connectivity index (χ1) is 17.2. The molecular weight excluding hydrogens is 498 g/mol. The lowest BCUT2D eigenvalue weighted by Gasteiger charge is -2.34. The second-order valence-corrected chi connectivity index (χ2v) is 12.1. The maximum Gasteiger partial charge on any atom is 0.345 e. The molecule has 1 amide bonds. The molecule has 186 valence electrons. The van der Waals surface area contributed by atoms with Crippen molar-refractivity contribution in [1.29, 1.82) is 0 Å². The van der Waals surface area contributed by atoms with Gasteiger partial charge in [-0.1, -0.05) is 32.0 Å². The highest BCUT2D eigenvalue weighted by molar-refractivity contribution is 7.89. The van der Waals surface area contributed by atoms with Gasteiger partial charge in [-0.3, -0.25) is 10.1 Å². The third kappa shape index (κ3) is 4.84. The first-order valence-electron chi connectivity index (χ1n) is 11.6. The van der Waals surface area contributed by atoms with Crippen molar-refractivity contribution in [2.45, 2.75) is 25.2 Å². The maximum absolute atomic E-state index is 13.1. The minimum absolute atomic E-state index is 0.167. The van der Waals surface area contributed by atoms with Crippen molar-refractivity contribution in [1.82, 2.24) is 9.29 Å². The molecule has 1 saturated heterocycles. The molecule has 36 heavy (non-hydrogen) atoms. The molecular formula is C26H25N3O5S2. The quantitative estimate of drug-likeness (QED) is 0.375. The van der Waals surface area contributed by atoms with E-state index in [0.29, 0.717) is 52.5 Å². The Balaban J connectivity index is 1.31. The first kappa shape index (κ1) is 24.4.